The van der Waals surface area contributed by atoms with Gasteiger partial charge in [-0.1, -0.05) is 0 Å². The van der Waals surface area contributed by atoms with Gasteiger partial charge in [0.15, 0.2) is 0 Å². The van der Waals surface area contributed by atoms with Gasteiger partial charge < -0.3 is 9.72 Å². The fourth-order valence-corrected chi connectivity index (χ4v) is 2.38. The van der Waals surface area contributed by atoms with E-state index in [1.54, 1.807) is 6.92 Å². The number of methoxy groups -OCH3 is 1. The third-order valence-corrected chi connectivity index (χ3v) is 3.23. The minimum Gasteiger partial charge on any atom is -0.465 e. The molecule has 0 aliphatic carbocycles. The summed E-state index contributed by atoms with van der Waals surface area (Å²) in [5.74, 6) is -1.78. The number of nitrogens with one attached hydrogen (secondary N) is 1. The van der Waals surface area contributed by atoms with Crippen LogP contribution in [0.15, 0.2) is 0 Å². The molecule has 0 unspecified atom stereocenters. The van der Waals surface area contributed by atoms with Crippen LogP contribution in [0, 0.1) is 6.92 Å². The van der Waals surface area contributed by atoms with Crippen molar-refractivity contribution in [2.75, 3.05) is 7.11 Å². The van der Waals surface area contributed by atoms with Crippen LogP contribution in [-0.4, -0.2) is 23.0 Å². The smallest absolute Gasteiger partial charge is 0.449 e. The fourth-order valence-electron chi connectivity index (χ4n) is 1.42. The molecule has 8 heteroatoms. The molecule has 1 N–H and O–H groups in total. The first-order chi connectivity index (χ1) is 7.84. The maximum atomic E-state index is 12.4. The summed E-state index contributed by atoms with van der Waals surface area (Å²) in [7, 11) is 1.17. The van der Waals surface area contributed by atoms with E-state index < -0.39 is 18.0 Å². The Morgan fingerprint density at radius 3 is 2.65 bits per heavy atom. The van der Waals surface area contributed by atoms with E-state index in [2.05, 4.69) is 14.7 Å². The van der Waals surface area contributed by atoms with Crippen LogP contribution in [0.4, 0.5) is 13.2 Å². The molecule has 2 aromatic heterocycles. The van der Waals surface area contributed by atoms with Gasteiger partial charge in [-0.15, -0.1) is 11.3 Å². The number of rotatable bonds is 1. The number of halogens is 3. The molecule has 0 spiro atoms. The number of alkyl halides is 3. The molecular formula is C9H7F3N2O2S. The standard InChI is InChI=1S/C9H7F3N2O2S/c1-3-4-5(6(17-3)7(15)16-2)14-8(13-4)9(10,11)12/h1-2H3,(H,13,14). The van der Waals surface area contributed by atoms with Crippen molar-refractivity contribution in [1.29, 1.82) is 0 Å². The Morgan fingerprint density at radius 1 is 1.47 bits per heavy atom. The predicted octanol–water partition coefficient (Wildman–Crippen LogP) is 2.74. The normalized spacial score (nSPS) is 12.1. The van der Waals surface area contributed by atoms with Gasteiger partial charge in [-0.2, -0.15) is 13.2 Å². The van der Waals surface area contributed by atoms with E-state index in [4.69, 9.17) is 0 Å². The van der Waals surface area contributed by atoms with E-state index in [1.807, 2.05) is 0 Å². The van der Waals surface area contributed by atoms with Crippen molar-refractivity contribution < 1.29 is 22.7 Å². The first-order valence-electron chi connectivity index (χ1n) is 4.49. The summed E-state index contributed by atoms with van der Waals surface area (Å²) >= 11 is 1.05. The van der Waals surface area contributed by atoms with E-state index in [-0.39, 0.29) is 15.9 Å². The van der Waals surface area contributed by atoms with Crippen molar-refractivity contribution in [2.45, 2.75) is 13.1 Å². The zero-order chi connectivity index (χ0) is 12.8. The topological polar surface area (TPSA) is 55.0 Å². The molecule has 0 fully saturated rings. The molecule has 0 atom stereocenters. The Hall–Kier alpha value is -1.57. The summed E-state index contributed by atoms with van der Waals surface area (Å²) in [5, 5.41) is 0. The van der Waals surface area contributed by atoms with Crippen LogP contribution in [0.3, 0.4) is 0 Å². The van der Waals surface area contributed by atoms with E-state index in [1.165, 1.54) is 7.11 Å². The highest BCUT2D eigenvalue weighted by Crippen LogP contribution is 2.34. The second-order valence-electron chi connectivity index (χ2n) is 3.29. The number of imidazole rings is 1. The lowest BCUT2D eigenvalue weighted by Gasteiger charge is -2.00. The monoisotopic (exact) mass is 264 g/mol. The number of nitrogens with zero attached hydrogens (tertiary/aromatic N) is 1. The molecule has 0 radical (unpaired) electrons. The molecule has 2 heterocycles. The highest BCUT2D eigenvalue weighted by atomic mass is 32.1. The highest BCUT2D eigenvalue weighted by Gasteiger charge is 2.36. The summed E-state index contributed by atoms with van der Waals surface area (Å²) in [6.45, 7) is 1.60. The summed E-state index contributed by atoms with van der Waals surface area (Å²) in [5.41, 5.74) is 0.231. The maximum Gasteiger partial charge on any atom is 0.449 e. The Morgan fingerprint density at radius 2 is 2.12 bits per heavy atom. The Labute approximate surface area is 97.4 Å². The molecule has 0 aromatic carbocycles. The van der Waals surface area contributed by atoms with Crippen LogP contribution in [0.2, 0.25) is 0 Å². The highest BCUT2D eigenvalue weighted by molar-refractivity contribution is 7.15. The van der Waals surface area contributed by atoms with Gasteiger partial charge in [0.2, 0.25) is 5.82 Å². The molecule has 2 aromatic rings. The quantitative estimate of drug-likeness (QED) is 0.806. The lowest BCUT2D eigenvalue weighted by molar-refractivity contribution is -0.144. The van der Waals surface area contributed by atoms with E-state index in [0.717, 1.165) is 11.3 Å². The number of aryl methyl sites for hydroxylation is 1. The molecule has 0 saturated carbocycles. The first-order valence-corrected chi connectivity index (χ1v) is 5.31. The van der Waals surface area contributed by atoms with Crippen LogP contribution < -0.4 is 0 Å². The van der Waals surface area contributed by atoms with Crippen LogP contribution >= 0.6 is 11.3 Å². The van der Waals surface area contributed by atoms with E-state index >= 15 is 0 Å². The predicted molar refractivity (Wildman–Crippen MR) is 55.0 cm³/mol. The van der Waals surface area contributed by atoms with Gasteiger partial charge in [0.1, 0.15) is 10.4 Å². The Bertz CT molecular complexity index is 585. The van der Waals surface area contributed by atoms with Crippen LogP contribution in [0.25, 0.3) is 11.0 Å². The lowest BCUT2D eigenvalue weighted by Crippen LogP contribution is -2.07. The number of H-pyrrole nitrogens is 1. The van der Waals surface area contributed by atoms with Crippen molar-refractivity contribution in [3.63, 3.8) is 0 Å². The van der Waals surface area contributed by atoms with Gasteiger partial charge >= 0.3 is 12.1 Å². The molecule has 4 nitrogen and oxygen atoms in total. The average Bonchev–Trinajstić information content (AvgIpc) is 2.78. The van der Waals surface area contributed by atoms with Crippen molar-refractivity contribution in [1.82, 2.24) is 9.97 Å². The van der Waals surface area contributed by atoms with Gasteiger partial charge in [-0.25, -0.2) is 9.78 Å². The van der Waals surface area contributed by atoms with Gasteiger partial charge in [-0.05, 0) is 6.92 Å². The first kappa shape index (κ1) is 11.9. The molecule has 0 aliphatic rings. The molecule has 0 saturated heterocycles. The number of carbonyl (C=O) groups excluding carboxylic acids is 1. The number of hydrogen-bond acceptors (Lipinski definition) is 4. The molecule has 0 aliphatic heterocycles. The SMILES string of the molecule is COC(=O)c1sc(C)c2nc(C(F)(F)F)[nH]c12. The lowest BCUT2D eigenvalue weighted by atomic mass is 10.3. The van der Waals surface area contributed by atoms with E-state index in [9.17, 15) is 18.0 Å². The second-order valence-corrected chi connectivity index (χ2v) is 4.51. The van der Waals surface area contributed by atoms with Crippen molar-refractivity contribution in [3.8, 4) is 0 Å². The molecule has 0 amide bonds. The number of carbonyl (C=O) groups is 1. The average molecular weight is 264 g/mol. The van der Waals surface area contributed by atoms with Crippen molar-refractivity contribution in [2.24, 2.45) is 0 Å². The number of ether oxygens (including phenoxy) is 1. The summed E-state index contributed by atoms with van der Waals surface area (Å²) in [6, 6.07) is 0. The van der Waals surface area contributed by atoms with Gasteiger partial charge in [0, 0.05) is 4.88 Å². The number of aromatic amines is 1. The molecule has 2 rings (SSSR count). The van der Waals surface area contributed by atoms with Crippen LogP contribution in [-0.2, 0) is 10.9 Å². The number of esters is 1. The largest absolute Gasteiger partial charge is 0.465 e. The number of hydrogen-bond donors (Lipinski definition) is 1. The third kappa shape index (κ3) is 1.88. The van der Waals surface area contributed by atoms with Crippen molar-refractivity contribution >= 4 is 28.3 Å². The Balaban J connectivity index is 2.65. The van der Waals surface area contributed by atoms with E-state index in [0.29, 0.717) is 4.88 Å². The molecule has 17 heavy (non-hydrogen) atoms. The fraction of sp³-hybridized carbons (Fsp3) is 0.333. The maximum absolute atomic E-state index is 12.4. The van der Waals surface area contributed by atoms with Gasteiger partial charge in [-0.3, -0.25) is 0 Å². The molecule has 92 valence electrons. The minimum atomic E-state index is -4.56. The summed E-state index contributed by atoms with van der Waals surface area (Å²) in [6.07, 6.45) is -4.56. The summed E-state index contributed by atoms with van der Waals surface area (Å²) < 4.78 is 41.8. The zero-order valence-corrected chi connectivity index (χ0v) is 9.62. The molecule has 0 bridgehead atoms. The van der Waals surface area contributed by atoms with Gasteiger partial charge in [0.05, 0.1) is 12.6 Å². The number of aromatic nitrogens is 2. The second kappa shape index (κ2) is 3.73. The summed E-state index contributed by atoms with van der Waals surface area (Å²) in [4.78, 5) is 17.5. The Kier molecular flexibility index (Phi) is 2.61. The number of thiophene rings is 1. The van der Waals surface area contributed by atoms with Gasteiger partial charge in [0.25, 0.3) is 0 Å². The van der Waals surface area contributed by atoms with Crippen LogP contribution in [0.5, 0.6) is 0 Å². The van der Waals surface area contributed by atoms with Crippen molar-refractivity contribution in [3.05, 3.63) is 15.6 Å². The third-order valence-electron chi connectivity index (χ3n) is 2.16. The molecular weight excluding hydrogens is 257 g/mol. The zero-order valence-electron chi connectivity index (χ0n) is 8.81. The number of fused-ring (bicyclic) bond motifs is 1. The van der Waals surface area contributed by atoms with Crippen LogP contribution in [0.1, 0.15) is 20.4 Å². The minimum absolute atomic E-state index is 0.0756.